The number of likely N-dealkylation sites (tertiary alicyclic amines) is 2. The largest absolute Gasteiger partial charge is 0.480 e. The van der Waals surface area contributed by atoms with Crippen molar-refractivity contribution in [2.75, 3.05) is 26.7 Å². The van der Waals surface area contributed by atoms with Crippen LogP contribution in [0, 0.1) is 5.92 Å². The monoisotopic (exact) mass is 268 g/mol. The van der Waals surface area contributed by atoms with Crippen LogP contribution < -0.4 is 0 Å². The summed E-state index contributed by atoms with van der Waals surface area (Å²) in [4.78, 5) is 16.2. The van der Waals surface area contributed by atoms with Gasteiger partial charge in [-0.05, 0) is 45.2 Å². The molecule has 0 saturated carbocycles. The summed E-state index contributed by atoms with van der Waals surface area (Å²) in [5, 5.41) is 9.45. The van der Waals surface area contributed by atoms with E-state index in [2.05, 4.69) is 23.8 Å². The van der Waals surface area contributed by atoms with Crippen molar-refractivity contribution in [1.29, 1.82) is 0 Å². The van der Waals surface area contributed by atoms with Crippen molar-refractivity contribution in [3.63, 3.8) is 0 Å². The fourth-order valence-electron chi connectivity index (χ4n) is 3.82. The lowest BCUT2D eigenvalue weighted by atomic mass is 9.83. The molecule has 0 aliphatic carbocycles. The number of nitrogens with zero attached hydrogens (tertiary/aromatic N) is 2. The average molecular weight is 268 g/mol. The smallest absolute Gasteiger partial charge is 0.320 e. The maximum atomic E-state index is 11.5. The van der Waals surface area contributed by atoms with Gasteiger partial charge in [0.05, 0.1) is 0 Å². The number of unbranched alkanes of at least 4 members (excludes halogenated alkanes) is 1. The number of hydrogen-bond acceptors (Lipinski definition) is 3. The van der Waals surface area contributed by atoms with E-state index in [1.54, 1.807) is 0 Å². The lowest BCUT2D eigenvalue weighted by molar-refractivity contribution is -0.145. The minimum absolute atomic E-state index is 0.256. The van der Waals surface area contributed by atoms with Crippen LogP contribution in [0.1, 0.15) is 45.4 Å². The molecule has 2 saturated heterocycles. The Bertz CT molecular complexity index is 309. The first-order valence-corrected chi connectivity index (χ1v) is 7.80. The van der Waals surface area contributed by atoms with E-state index in [-0.39, 0.29) is 6.04 Å². The molecule has 2 aliphatic heterocycles. The molecule has 4 heteroatoms. The van der Waals surface area contributed by atoms with Gasteiger partial charge in [0.15, 0.2) is 0 Å². The minimum atomic E-state index is -0.629. The Morgan fingerprint density at radius 3 is 2.84 bits per heavy atom. The SMILES string of the molecule is CCCCC(C(=O)O)N1CCC2C(CCCN2C)C1. The molecule has 0 aromatic heterocycles. The molecular formula is C15H28N2O2. The van der Waals surface area contributed by atoms with Crippen molar-refractivity contribution in [3.05, 3.63) is 0 Å². The topological polar surface area (TPSA) is 43.8 Å². The predicted octanol–water partition coefficient (Wildman–Crippen LogP) is 2.05. The van der Waals surface area contributed by atoms with Gasteiger partial charge in [0.2, 0.25) is 0 Å². The highest BCUT2D eigenvalue weighted by molar-refractivity contribution is 5.73. The second-order valence-electron chi connectivity index (χ2n) is 6.23. The third-order valence-corrected chi connectivity index (χ3v) is 4.93. The molecule has 0 aromatic carbocycles. The van der Waals surface area contributed by atoms with Crippen LogP contribution in [0.3, 0.4) is 0 Å². The molecule has 2 heterocycles. The van der Waals surface area contributed by atoms with Gasteiger partial charge in [-0.15, -0.1) is 0 Å². The molecule has 110 valence electrons. The molecule has 4 nitrogen and oxygen atoms in total. The van der Waals surface area contributed by atoms with Gasteiger partial charge in [-0.2, -0.15) is 0 Å². The summed E-state index contributed by atoms with van der Waals surface area (Å²) >= 11 is 0. The maximum Gasteiger partial charge on any atom is 0.320 e. The van der Waals surface area contributed by atoms with E-state index in [4.69, 9.17) is 0 Å². The highest BCUT2D eigenvalue weighted by Gasteiger charge is 2.37. The Morgan fingerprint density at radius 1 is 1.37 bits per heavy atom. The highest BCUT2D eigenvalue weighted by Crippen LogP contribution is 2.31. The van der Waals surface area contributed by atoms with Crippen LogP contribution >= 0.6 is 0 Å². The van der Waals surface area contributed by atoms with E-state index in [1.165, 1.54) is 19.4 Å². The molecular weight excluding hydrogens is 240 g/mol. The highest BCUT2D eigenvalue weighted by atomic mass is 16.4. The molecule has 2 fully saturated rings. The van der Waals surface area contributed by atoms with Crippen molar-refractivity contribution >= 4 is 5.97 Å². The number of fused-ring (bicyclic) bond motifs is 1. The molecule has 2 rings (SSSR count). The quantitative estimate of drug-likeness (QED) is 0.829. The molecule has 1 N–H and O–H groups in total. The van der Waals surface area contributed by atoms with Gasteiger partial charge in [-0.25, -0.2) is 0 Å². The zero-order valence-corrected chi connectivity index (χ0v) is 12.3. The molecule has 3 unspecified atom stereocenters. The van der Waals surface area contributed by atoms with Crippen molar-refractivity contribution in [3.8, 4) is 0 Å². The summed E-state index contributed by atoms with van der Waals surface area (Å²) in [5.74, 6) is 0.0482. The van der Waals surface area contributed by atoms with Crippen molar-refractivity contribution < 1.29 is 9.90 Å². The van der Waals surface area contributed by atoms with E-state index in [0.29, 0.717) is 12.0 Å². The van der Waals surface area contributed by atoms with E-state index >= 15 is 0 Å². The molecule has 19 heavy (non-hydrogen) atoms. The van der Waals surface area contributed by atoms with Crippen LogP contribution in [0.2, 0.25) is 0 Å². The number of carboxylic acid groups (broad SMARTS) is 1. The van der Waals surface area contributed by atoms with Crippen LogP contribution in [0.5, 0.6) is 0 Å². The number of carboxylic acids is 1. The minimum Gasteiger partial charge on any atom is -0.480 e. The zero-order chi connectivity index (χ0) is 13.8. The Balaban J connectivity index is 1.96. The fourth-order valence-corrected chi connectivity index (χ4v) is 3.82. The van der Waals surface area contributed by atoms with Gasteiger partial charge in [-0.1, -0.05) is 19.8 Å². The third-order valence-electron chi connectivity index (χ3n) is 4.93. The molecule has 0 amide bonds. The summed E-state index contributed by atoms with van der Waals surface area (Å²) in [6.07, 6.45) is 6.56. The van der Waals surface area contributed by atoms with Crippen molar-refractivity contribution in [2.45, 2.75) is 57.5 Å². The number of rotatable bonds is 5. The number of aliphatic carboxylic acids is 1. The normalized spacial score (nSPS) is 30.8. The molecule has 0 radical (unpaired) electrons. The lowest BCUT2D eigenvalue weighted by Gasteiger charge is -2.47. The summed E-state index contributed by atoms with van der Waals surface area (Å²) in [6, 6.07) is 0.429. The van der Waals surface area contributed by atoms with E-state index in [0.717, 1.165) is 38.8 Å². The maximum absolute atomic E-state index is 11.5. The van der Waals surface area contributed by atoms with Gasteiger partial charge in [0, 0.05) is 19.1 Å². The van der Waals surface area contributed by atoms with E-state index < -0.39 is 5.97 Å². The second kappa shape index (κ2) is 6.71. The molecule has 2 aliphatic rings. The Labute approximate surface area is 116 Å². The van der Waals surface area contributed by atoms with Gasteiger partial charge in [0.25, 0.3) is 0 Å². The molecule has 0 bridgehead atoms. The Kier molecular flexibility index (Phi) is 5.22. The van der Waals surface area contributed by atoms with Crippen molar-refractivity contribution in [2.24, 2.45) is 5.92 Å². The van der Waals surface area contributed by atoms with Crippen LogP contribution in [-0.2, 0) is 4.79 Å². The first kappa shape index (κ1) is 14.8. The zero-order valence-electron chi connectivity index (χ0n) is 12.3. The molecule has 3 atom stereocenters. The lowest BCUT2D eigenvalue weighted by Crippen LogP contribution is -2.56. The Hall–Kier alpha value is -0.610. The summed E-state index contributed by atoms with van der Waals surface area (Å²) in [5.41, 5.74) is 0. The van der Waals surface area contributed by atoms with Crippen LogP contribution in [0.15, 0.2) is 0 Å². The van der Waals surface area contributed by atoms with Gasteiger partial charge in [0.1, 0.15) is 6.04 Å². The summed E-state index contributed by atoms with van der Waals surface area (Å²) < 4.78 is 0. The van der Waals surface area contributed by atoms with Crippen LogP contribution in [0.25, 0.3) is 0 Å². The predicted molar refractivity (Wildman–Crippen MR) is 76.3 cm³/mol. The first-order chi connectivity index (χ1) is 9.13. The first-order valence-electron chi connectivity index (χ1n) is 7.80. The third kappa shape index (κ3) is 3.48. The fraction of sp³-hybridized carbons (Fsp3) is 0.933. The number of hydrogen-bond donors (Lipinski definition) is 1. The van der Waals surface area contributed by atoms with Crippen LogP contribution in [0.4, 0.5) is 0 Å². The molecule has 0 spiro atoms. The van der Waals surface area contributed by atoms with Crippen molar-refractivity contribution in [1.82, 2.24) is 9.80 Å². The Morgan fingerprint density at radius 2 is 2.16 bits per heavy atom. The second-order valence-corrected chi connectivity index (χ2v) is 6.23. The van der Waals surface area contributed by atoms with E-state index in [1.807, 2.05) is 0 Å². The van der Waals surface area contributed by atoms with E-state index in [9.17, 15) is 9.90 Å². The summed E-state index contributed by atoms with van der Waals surface area (Å²) in [6.45, 7) is 5.27. The summed E-state index contributed by atoms with van der Waals surface area (Å²) in [7, 11) is 2.22. The van der Waals surface area contributed by atoms with Crippen LogP contribution in [-0.4, -0.2) is 59.6 Å². The van der Waals surface area contributed by atoms with Gasteiger partial charge in [-0.3, -0.25) is 9.69 Å². The number of piperidine rings is 2. The number of carbonyl (C=O) groups is 1. The van der Waals surface area contributed by atoms with Gasteiger partial charge < -0.3 is 10.0 Å². The van der Waals surface area contributed by atoms with Gasteiger partial charge >= 0.3 is 5.97 Å². The molecule has 0 aromatic rings. The average Bonchev–Trinajstić information content (AvgIpc) is 2.39. The standard InChI is InChI=1S/C15H28N2O2/c1-3-4-7-14(15(18)19)17-10-8-13-12(11-17)6-5-9-16(13)2/h12-14H,3-11H2,1-2H3,(H,18,19).